The summed E-state index contributed by atoms with van der Waals surface area (Å²) >= 11 is 0. The first-order valence-corrected chi connectivity index (χ1v) is 27.3. The highest BCUT2D eigenvalue weighted by molar-refractivity contribution is 5.95. The second kappa shape index (κ2) is 29.1. The molecule has 6 aromatic rings. The highest BCUT2D eigenvalue weighted by atomic mass is 16.5. The summed E-state index contributed by atoms with van der Waals surface area (Å²) in [6.07, 6.45) is 7.46. The van der Waals surface area contributed by atoms with Gasteiger partial charge in [-0.15, -0.1) is 0 Å². The number of hydroxylamine groups is 4. The number of piperidine rings is 2. The minimum absolute atomic E-state index is 0.00230. The van der Waals surface area contributed by atoms with E-state index in [1.807, 2.05) is 55.4 Å². The van der Waals surface area contributed by atoms with E-state index in [9.17, 15) is 39.2 Å². The highest BCUT2D eigenvalue weighted by Crippen LogP contribution is 2.37. The van der Waals surface area contributed by atoms with E-state index < -0.39 is 35.3 Å². The van der Waals surface area contributed by atoms with Gasteiger partial charge < -0.3 is 68.4 Å². The zero-order valence-corrected chi connectivity index (χ0v) is 48.8. The van der Waals surface area contributed by atoms with Crippen LogP contribution in [0.25, 0.3) is 22.3 Å². The molecule has 4 aromatic heterocycles. The standard InChI is InChI=1S/C28H37N9O5.C19H19N7O5.C9H20N2O/c1-27(2)11-19(12-28(3,4)37(27)41)34-22(39)9-10-23(42-16-38)35-25(40)17-5-7-18(8-6-17)30-13-20-14-31-24-21(33-20)15-32-26(29)36-24;20-19-23-9-15-17(26-19)22-8-14(24-15)7-21-13-3-1-12(2-4-13)18(29)25-16(31-11-28)5-6-30-10-27;1-8(2)5-7(10)6-9(3,4)11(8)12/h5-8,14-16,19,23,30,41H,9-13H2,1-4H3,(H,34,39)(H,35,40)(H2,29,31,32,36);1-4,8-11,16,21H,5-7H2,(H,25,29)(H2,20,22,23,26);7,12H,5-6,10H2,1-4H3/t23-;16-;/m11./s1. The van der Waals surface area contributed by atoms with E-state index in [0.29, 0.717) is 70.8 Å². The van der Waals surface area contributed by atoms with Crippen molar-refractivity contribution in [2.45, 2.75) is 160 Å². The van der Waals surface area contributed by atoms with Crippen LogP contribution in [0.3, 0.4) is 0 Å². The van der Waals surface area contributed by atoms with Crippen molar-refractivity contribution in [3.05, 3.63) is 95.8 Å². The van der Waals surface area contributed by atoms with Crippen LogP contribution in [0.4, 0.5) is 23.3 Å². The van der Waals surface area contributed by atoms with Crippen molar-refractivity contribution < 1.29 is 53.4 Å². The molecule has 6 heterocycles. The number of nitrogens with one attached hydrogen (secondary N) is 5. The SMILES string of the molecule is CC1(C)CC(N)CC(C)(C)N1O.CC1(C)CC(NC(=O)CC[C@H](NC(=O)c2ccc(NCc3cnc4nc(N)ncc4n3)cc2)OC=O)CC(C)(C)N1O.Nc1ncc2nc(CNc3ccc(C(=O)N[C@@H](CCOC=O)OC=O)cc3)cnc2n1. The van der Waals surface area contributed by atoms with Crippen molar-refractivity contribution >= 4 is 82.7 Å². The molecule has 2 aliphatic heterocycles. The topological polar surface area (TPSA) is 418 Å². The number of fused-ring (bicyclic) bond motifs is 2. The predicted octanol–water partition coefficient (Wildman–Crippen LogP) is 3.91. The number of ether oxygens (including phenoxy) is 3. The molecule has 13 N–H and O–H groups in total. The molecular formula is C56H76N18O11. The van der Waals surface area contributed by atoms with Gasteiger partial charge in [0, 0.05) is 76.0 Å². The summed E-state index contributed by atoms with van der Waals surface area (Å²) in [6.45, 7) is 17.3. The summed E-state index contributed by atoms with van der Waals surface area (Å²) < 4.78 is 14.4. The van der Waals surface area contributed by atoms with E-state index in [1.54, 1.807) is 60.9 Å². The molecule has 29 nitrogen and oxygen atoms in total. The van der Waals surface area contributed by atoms with Crippen LogP contribution in [0.15, 0.2) is 73.3 Å². The number of carbonyl (C=O) groups excluding carboxylic acids is 6. The molecule has 2 saturated heterocycles. The Morgan fingerprint density at radius 3 is 1.42 bits per heavy atom. The molecule has 0 unspecified atom stereocenters. The van der Waals surface area contributed by atoms with Crippen LogP contribution in [0.1, 0.15) is 132 Å². The van der Waals surface area contributed by atoms with Crippen LogP contribution < -0.4 is 43.8 Å². The number of rotatable bonds is 22. The number of nitrogen functional groups attached to an aromatic ring is 2. The van der Waals surface area contributed by atoms with Crippen molar-refractivity contribution in [3.63, 3.8) is 0 Å². The van der Waals surface area contributed by atoms with E-state index in [4.69, 9.17) is 26.7 Å². The predicted molar refractivity (Wildman–Crippen MR) is 311 cm³/mol. The van der Waals surface area contributed by atoms with Gasteiger partial charge in [0.25, 0.3) is 31.2 Å². The Hall–Kier alpha value is -8.90. The number of anilines is 4. The van der Waals surface area contributed by atoms with Gasteiger partial charge in [-0.25, -0.2) is 29.9 Å². The lowest BCUT2D eigenvalue weighted by atomic mass is 9.79. The lowest BCUT2D eigenvalue weighted by Gasteiger charge is -2.51. The van der Waals surface area contributed by atoms with Crippen LogP contribution >= 0.6 is 0 Å². The van der Waals surface area contributed by atoms with Crippen LogP contribution in [-0.2, 0) is 46.5 Å². The third-order valence-corrected chi connectivity index (χ3v) is 13.9. The summed E-state index contributed by atoms with van der Waals surface area (Å²) in [5.74, 6) is -0.855. The van der Waals surface area contributed by atoms with Crippen LogP contribution in [-0.4, -0.2) is 151 Å². The monoisotopic (exact) mass is 1180 g/mol. The zero-order chi connectivity index (χ0) is 62.1. The van der Waals surface area contributed by atoms with Gasteiger partial charge in [-0.05, 0) is 130 Å². The van der Waals surface area contributed by atoms with Crippen molar-refractivity contribution in [1.82, 2.24) is 65.9 Å². The average Bonchev–Trinajstić information content (AvgIpc) is 3.15. The first kappa shape index (κ1) is 65.3. The molecule has 456 valence electrons. The summed E-state index contributed by atoms with van der Waals surface area (Å²) in [4.78, 5) is 103. The maximum atomic E-state index is 12.8. The molecule has 0 spiro atoms. The molecule has 0 aliphatic carbocycles. The number of hydrogen-bond acceptors (Lipinski definition) is 26. The molecule has 2 aliphatic rings. The Balaban J connectivity index is 0.000000234. The normalized spacial score (nSPS) is 17.0. The smallest absolute Gasteiger partial charge is 0.295 e. The second-order valence-electron chi connectivity index (χ2n) is 22.9. The molecular weight excluding hydrogens is 1100 g/mol. The van der Waals surface area contributed by atoms with E-state index in [-0.39, 0.29) is 86.3 Å². The van der Waals surface area contributed by atoms with E-state index in [2.05, 4.69) is 71.2 Å². The molecule has 85 heavy (non-hydrogen) atoms. The fourth-order valence-electron chi connectivity index (χ4n) is 10.2. The third kappa shape index (κ3) is 19.1. The van der Waals surface area contributed by atoms with Crippen molar-refractivity contribution in [3.8, 4) is 0 Å². The number of amides is 3. The van der Waals surface area contributed by atoms with Crippen LogP contribution in [0.5, 0.6) is 0 Å². The highest BCUT2D eigenvalue weighted by Gasteiger charge is 2.46. The molecule has 29 heteroatoms. The van der Waals surface area contributed by atoms with Gasteiger partial charge in [-0.3, -0.25) is 28.8 Å². The summed E-state index contributed by atoms with van der Waals surface area (Å²) in [7, 11) is 0. The third-order valence-electron chi connectivity index (χ3n) is 13.9. The lowest BCUT2D eigenvalue weighted by Crippen LogP contribution is -2.62. The van der Waals surface area contributed by atoms with Gasteiger partial charge in [0.15, 0.2) is 23.8 Å². The molecule has 8 rings (SSSR count). The maximum Gasteiger partial charge on any atom is 0.295 e. The van der Waals surface area contributed by atoms with Crippen LogP contribution in [0.2, 0.25) is 0 Å². The fraction of sp³-hybridized carbons (Fsp3) is 0.464. The Bertz CT molecular complexity index is 3210. The van der Waals surface area contributed by atoms with Gasteiger partial charge in [0.1, 0.15) is 11.0 Å². The molecule has 0 radical (unpaired) electrons. The number of aromatic nitrogens is 8. The number of hydrogen-bond donors (Lipinski definition) is 10. The summed E-state index contributed by atoms with van der Waals surface area (Å²) in [6, 6.07) is 13.5. The Morgan fingerprint density at radius 2 is 1.01 bits per heavy atom. The molecule has 0 bridgehead atoms. The Labute approximate surface area is 490 Å². The van der Waals surface area contributed by atoms with Crippen LogP contribution in [0, 0.1) is 0 Å². The number of nitrogens with two attached hydrogens (primary N) is 3. The first-order valence-electron chi connectivity index (χ1n) is 27.3. The Kier molecular flexibility index (Phi) is 22.3. The molecule has 2 fully saturated rings. The summed E-state index contributed by atoms with van der Waals surface area (Å²) in [5, 5.41) is 37.7. The van der Waals surface area contributed by atoms with Gasteiger partial charge in [-0.1, -0.05) is 0 Å². The average molecular weight is 1180 g/mol. The molecule has 3 amide bonds. The molecule has 2 aromatic carbocycles. The van der Waals surface area contributed by atoms with E-state index in [0.717, 1.165) is 24.2 Å². The number of benzene rings is 2. The largest absolute Gasteiger partial charge is 0.468 e. The Morgan fingerprint density at radius 1 is 0.600 bits per heavy atom. The minimum atomic E-state index is -0.975. The van der Waals surface area contributed by atoms with Gasteiger partial charge in [-0.2, -0.15) is 20.1 Å². The van der Waals surface area contributed by atoms with Gasteiger partial charge in [0.05, 0.1) is 55.9 Å². The van der Waals surface area contributed by atoms with Crippen molar-refractivity contribution in [1.29, 1.82) is 0 Å². The van der Waals surface area contributed by atoms with E-state index >= 15 is 0 Å². The zero-order valence-electron chi connectivity index (χ0n) is 48.8. The maximum absolute atomic E-state index is 12.8. The molecule has 0 saturated carbocycles. The van der Waals surface area contributed by atoms with E-state index in [1.165, 1.54) is 22.5 Å². The van der Waals surface area contributed by atoms with Crippen molar-refractivity contribution in [2.24, 2.45) is 5.73 Å². The number of carbonyl (C=O) groups is 6. The van der Waals surface area contributed by atoms with Gasteiger partial charge >= 0.3 is 0 Å². The lowest BCUT2D eigenvalue weighted by molar-refractivity contribution is -0.246. The minimum Gasteiger partial charge on any atom is -0.468 e. The van der Waals surface area contributed by atoms with Crippen molar-refractivity contribution in [2.75, 3.05) is 28.7 Å². The summed E-state index contributed by atoms with van der Waals surface area (Å²) in [5.41, 5.74) is 21.1. The second-order valence-corrected chi connectivity index (χ2v) is 22.9. The number of nitrogens with zero attached hydrogens (tertiary/aromatic N) is 10. The first-order chi connectivity index (χ1) is 40.2. The fourth-order valence-corrected chi connectivity index (χ4v) is 10.2. The molecule has 2 atom stereocenters. The quantitative estimate of drug-likeness (QED) is 0.0199. The van der Waals surface area contributed by atoms with Gasteiger partial charge in [0.2, 0.25) is 17.8 Å².